The van der Waals surface area contributed by atoms with E-state index in [-0.39, 0.29) is 18.2 Å². The van der Waals surface area contributed by atoms with Gasteiger partial charge in [-0.3, -0.25) is 9.78 Å². The number of carbonyl (C=O) groups excluding carboxylic acids is 1. The molecule has 0 aliphatic heterocycles. The number of aliphatic carboxylic acids is 1. The smallest absolute Gasteiger partial charge is 0.326 e. The summed E-state index contributed by atoms with van der Waals surface area (Å²) >= 11 is 0. The summed E-state index contributed by atoms with van der Waals surface area (Å²) in [6.07, 6.45) is 3.94. The molecule has 1 atom stereocenters. The Kier molecular flexibility index (Phi) is 7.14. The van der Waals surface area contributed by atoms with E-state index in [4.69, 9.17) is 4.74 Å². The predicted molar refractivity (Wildman–Crippen MR) is 97.7 cm³/mol. The molecule has 0 saturated carbocycles. The summed E-state index contributed by atoms with van der Waals surface area (Å²) in [6, 6.07) is 10.1. The summed E-state index contributed by atoms with van der Waals surface area (Å²) in [4.78, 5) is 27.5. The van der Waals surface area contributed by atoms with E-state index in [2.05, 4.69) is 10.3 Å². The van der Waals surface area contributed by atoms with Crippen molar-refractivity contribution in [3.63, 3.8) is 0 Å². The minimum absolute atomic E-state index is 0.103. The normalized spacial score (nSPS) is 11.8. The van der Waals surface area contributed by atoms with Crippen LogP contribution in [0.5, 0.6) is 5.75 Å². The van der Waals surface area contributed by atoms with Gasteiger partial charge in [0.25, 0.3) is 0 Å². The average molecular weight is 356 g/mol. The number of hydrogen-bond acceptors (Lipinski definition) is 4. The SMILES string of the molecule is CC(C)C[C@@H](NC(=O)Cc1cccc(OCc2cccnc2)c1)C(=O)O. The molecular formula is C20H24N2O4. The average Bonchev–Trinajstić information content (AvgIpc) is 2.60. The third-order valence-corrected chi connectivity index (χ3v) is 3.73. The molecule has 0 radical (unpaired) electrons. The Labute approximate surface area is 153 Å². The van der Waals surface area contributed by atoms with Gasteiger partial charge in [-0.2, -0.15) is 0 Å². The number of carboxylic acid groups (broad SMARTS) is 1. The number of carbonyl (C=O) groups is 2. The van der Waals surface area contributed by atoms with Crippen LogP contribution in [0.1, 0.15) is 31.4 Å². The summed E-state index contributed by atoms with van der Waals surface area (Å²) < 4.78 is 5.72. The molecule has 0 bridgehead atoms. The number of pyridine rings is 1. The quantitative estimate of drug-likeness (QED) is 0.721. The van der Waals surface area contributed by atoms with E-state index in [1.54, 1.807) is 18.5 Å². The van der Waals surface area contributed by atoms with Crippen molar-refractivity contribution < 1.29 is 19.4 Å². The van der Waals surface area contributed by atoms with Gasteiger partial charge in [-0.15, -0.1) is 0 Å². The van der Waals surface area contributed by atoms with Crippen molar-refractivity contribution in [3.8, 4) is 5.75 Å². The van der Waals surface area contributed by atoms with Crippen molar-refractivity contribution in [3.05, 3.63) is 59.9 Å². The third-order valence-electron chi connectivity index (χ3n) is 3.73. The van der Waals surface area contributed by atoms with Gasteiger partial charge in [-0.1, -0.05) is 32.0 Å². The van der Waals surface area contributed by atoms with Crippen molar-refractivity contribution >= 4 is 11.9 Å². The third kappa shape index (κ3) is 6.55. The van der Waals surface area contributed by atoms with Crippen LogP contribution in [-0.4, -0.2) is 28.0 Å². The van der Waals surface area contributed by atoms with Crippen molar-refractivity contribution in [2.24, 2.45) is 5.92 Å². The molecule has 0 fully saturated rings. The van der Waals surface area contributed by atoms with Gasteiger partial charge in [0.2, 0.25) is 5.91 Å². The molecule has 0 saturated heterocycles. The lowest BCUT2D eigenvalue weighted by atomic mass is 10.0. The topological polar surface area (TPSA) is 88.5 Å². The van der Waals surface area contributed by atoms with E-state index in [0.717, 1.165) is 11.1 Å². The van der Waals surface area contributed by atoms with Gasteiger partial charge in [0.05, 0.1) is 6.42 Å². The zero-order chi connectivity index (χ0) is 18.9. The van der Waals surface area contributed by atoms with E-state index >= 15 is 0 Å². The first-order chi connectivity index (χ1) is 12.4. The second-order valence-corrected chi connectivity index (χ2v) is 6.56. The van der Waals surface area contributed by atoms with Crippen molar-refractivity contribution in [1.29, 1.82) is 0 Å². The highest BCUT2D eigenvalue weighted by molar-refractivity contribution is 5.84. The van der Waals surface area contributed by atoms with Gasteiger partial charge < -0.3 is 15.2 Å². The Hall–Kier alpha value is -2.89. The van der Waals surface area contributed by atoms with E-state index in [9.17, 15) is 14.7 Å². The Morgan fingerprint density at radius 1 is 1.19 bits per heavy atom. The first-order valence-electron chi connectivity index (χ1n) is 8.57. The molecule has 6 nitrogen and oxygen atoms in total. The molecule has 0 aliphatic carbocycles. The van der Waals surface area contributed by atoms with Crippen molar-refractivity contribution in [2.75, 3.05) is 0 Å². The van der Waals surface area contributed by atoms with Gasteiger partial charge in [0, 0.05) is 18.0 Å². The van der Waals surface area contributed by atoms with Crippen LogP contribution in [0.3, 0.4) is 0 Å². The molecule has 1 heterocycles. The lowest BCUT2D eigenvalue weighted by Crippen LogP contribution is -2.42. The van der Waals surface area contributed by atoms with Crippen LogP contribution in [0.2, 0.25) is 0 Å². The van der Waals surface area contributed by atoms with Gasteiger partial charge in [-0.05, 0) is 36.1 Å². The van der Waals surface area contributed by atoms with Crippen molar-refractivity contribution in [2.45, 2.75) is 39.3 Å². The highest BCUT2D eigenvalue weighted by Crippen LogP contribution is 2.16. The number of aromatic nitrogens is 1. The summed E-state index contributed by atoms with van der Waals surface area (Å²) in [5.41, 5.74) is 1.72. The molecule has 0 unspecified atom stereocenters. The number of carboxylic acids is 1. The van der Waals surface area contributed by atoms with E-state index in [0.29, 0.717) is 18.8 Å². The fourth-order valence-electron chi connectivity index (χ4n) is 2.52. The monoisotopic (exact) mass is 356 g/mol. The molecule has 1 aromatic carbocycles. The maximum Gasteiger partial charge on any atom is 0.326 e. The van der Waals surface area contributed by atoms with Crippen LogP contribution in [0.4, 0.5) is 0 Å². The van der Waals surface area contributed by atoms with Gasteiger partial charge >= 0.3 is 5.97 Å². The maximum absolute atomic E-state index is 12.2. The van der Waals surface area contributed by atoms with Crippen LogP contribution in [0.15, 0.2) is 48.8 Å². The molecule has 6 heteroatoms. The van der Waals surface area contributed by atoms with E-state index < -0.39 is 12.0 Å². The molecule has 0 aliphatic rings. The maximum atomic E-state index is 12.2. The molecule has 1 amide bonds. The fraction of sp³-hybridized carbons (Fsp3) is 0.350. The number of nitrogens with zero attached hydrogens (tertiary/aromatic N) is 1. The fourth-order valence-corrected chi connectivity index (χ4v) is 2.52. The minimum Gasteiger partial charge on any atom is -0.489 e. The lowest BCUT2D eigenvalue weighted by Gasteiger charge is -2.16. The first-order valence-corrected chi connectivity index (χ1v) is 8.57. The Balaban J connectivity index is 1.92. The number of rotatable bonds is 9. The largest absolute Gasteiger partial charge is 0.489 e. The van der Waals surface area contributed by atoms with E-state index in [1.165, 1.54) is 0 Å². The molecular weight excluding hydrogens is 332 g/mol. The van der Waals surface area contributed by atoms with Gasteiger partial charge in [0.1, 0.15) is 18.4 Å². The Morgan fingerprint density at radius 3 is 2.62 bits per heavy atom. The number of amides is 1. The van der Waals surface area contributed by atoms with Crippen molar-refractivity contribution in [1.82, 2.24) is 10.3 Å². The number of benzene rings is 1. The molecule has 1 aromatic heterocycles. The van der Waals surface area contributed by atoms with Crippen LogP contribution >= 0.6 is 0 Å². The zero-order valence-corrected chi connectivity index (χ0v) is 15.0. The van der Waals surface area contributed by atoms with E-state index in [1.807, 2.05) is 44.2 Å². The molecule has 2 rings (SSSR count). The predicted octanol–water partition coefficient (Wildman–Crippen LogP) is 2.82. The number of hydrogen-bond donors (Lipinski definition) is 2. The second-order valence-electron chi connectivity index (χ2n) is 6.56. The van der Waals surface area contributed by atoms with Crippen LogP contribution in [-0.2, 0) is 22.6 Å². The lowest BCUT2D eigenvalue weighted by molar-refractivity contribution is -0.142. The van der Waals surface area contributed by atoms with Gasteiger partial charge in [0.15, 0.2) is 0 Å². The molecule has 2 aromatic rings. The van der Waals surface area contributed by atoms with Crippen LogP contribution < -0.4 is 10.1 Å². The summed E-state index contributed by atoms with van der Waals surface area (Å²) in [5, 5.41) is 11.8. The highest BCUT2D eigenvalue weighted by atomic mass is 16.5. The second kappa shape index (κ2) is 9.56. The molecule has 26 heavy (non-hydrogen) atoms. The molecule has 0 spiro atoms. The number of ether oxygens (including phenoxy) is 1. The summed E-state index contributed by atoms with van der Waals surface area (Å²) in [5.74, 6) is -0.500. The standard InChI is InChI=1S/C20H24N2O4/c1-14(2)9-18(20(24)25)22-19(23)11-15-5-3-7-17(10-15)26-13-16-6-4-8-21-12-16/h3-8,10,12,14,18H,9,11,13H2,1-2H3,(H,22,23)(H,24,25)/t18-/m1/s1. The first kappa shape index (κ1) is 19.4. The van der Waals surface area contributed by atoms with Crippen LogP contribution in [0, 0.1) is 5.92 Å². The Morgan fingerprint density at radius 2 is 1.96 bits per heavy atom. The molecule has 2 N–H and O–H groups in total. The molecule has 138 valence electrons. The van der Waals surface area contributed by atoms with Crippen LogP contribution in [0.25, 0.3) is 0 Å². The highest BCUT2D eigenvalue weighted by Gasteiger charge is 2.21. The summed E-state index contributed by atoms with van der Waals surface area (Å²) in [6.45, 7) is 4.23. The number of nitrogens with one attached hydrogen (secondary N) is 1. The summed E-state index contributed by atoms with van der Waals surface area (Å²) in [7, 11) is 0. The Bertz CT molecular complexity index is 732. The minimum atomic E-state index is -1.01. The zero-order valence-electron chi connectivity index (χ0n) is 15.0. The van der Waals surface area contributed by atoms with Gasteiger partial charge in [-0.25, -0.2) is 4.79 Å².